The van der Waals surface area contributed by atoms with Gasteiger partial charge in [0.25, 0.3) is 0 Å². The molecule has 3 rings (SSSR count). The molecule has 0 spiro atoms. The molecule has 6 heteroatoms. The van der Waals surface area contributed by atoms with E-state index < -0.39 is 12.1 Å². The Morgan fingerprint density at radius 1 is 1.09 bits per heavy atom. The molecule has 2 aliphatic rings. The topological polar surface area (TPSA) is 30.5 Å². The standard InChI is InChI=1S/C16H20F3NO2/c1-10(11-2-7-14-15(8-11)22-9-21-14)20-13-5-3-12(4-6-13)16(17,18)19/h2,7-8,10,12-13,20H,3-6,9H2,1H3. The maximum absolute atomic E-state index is 12.7. The molecule has 1 atom stereocenters. The Hall–Kier alpha value is -1.43. The first-order valence-electron chi connectivity index (χ1n) is 7.66. The molecule has 1 aliphatic carbocycles. The first-order valence-corrected chi connectivity index (χ1v) is 7.66. The van der Waals surface area contributed by atoms with Crippen molar-refractivity contribution in [2.24, 2.45) is 5.92 Å². The molecule has 22 heavy (non-hydrogen) atoms. The van der Waals surface area contributed by atoms with Gasteiger partial charge in [0.2, 0.25) is 6.79 Å². The van der Waals surface area contributed by atoms with Gasteiger partial charge >= 0.3 is 6.18 Å². The number of rotatable bonds is 3. The van der Waals surface area contributed by atoms with Crippen molar-refractivity contribution >= 4 is 0 Å². The first-order chi connectivity index (χ1) is 10.4. The van der Waals surface area contributed by atoms with E-state index in [0.717, 1.165) is 17.1 Å². The molecule has 122 valence electrons. The summed E-state index contributed by atoms with van der Waals surface area (Å²) in [5.41, 5.74) is 1.06. The maximum atomic E-state index is 12.7. The lowest BCUT2D eigenvalue weighted by molar-refractivity contribution is -0.182. The highest BCUT2D eigenvalue weighted by atomic mass is 19.4. The van der Waals surface area contributed by atoms with E-state index in [1.807, 2.05) is 25.1 Å². The summed E-state index contributed by atoms with van der Waals surface area (Å²) >= 11 is 0. The summed E-state index contributed by atoms with van der Waals surface area (Å²) in [5.74, 6) is 0.333. The number of fused-ring (bicyclic) bond motifs is 1. The summed E-state index contributed by atoms with van der Waals surface area (Å²) in [7, 11) is 0. The van der Waals surface area contributed by atoms with Crippen molar-refractivity contribution in [3.63, 3.8) is 0 Å². The van der Waals surface area contributed by atoms with Crippen LogP contribution >= 0.6 is 0 Å². The van der Waals surface area contributed by atoms with E-state index in [4.69, 9.17) is 9.47 Å². The Morgan fingerprint density at radius 2 is 1.77 bits per heavy atom. The Kier molecular flexibility index (Phi) is 4.21. The van der Waals surface area contributed by atoms with Gasteiger partial charge in [0.05, 0.1) is 5.92 Å². The molecule has 3 nitrogen and oxygen atoms in total. The van der Waals surface area contributed by atoms with Crippen LogP contribution in [0.2, 0.25) is 0 Å². The van der Waals surface area contributed by atoms with E-state index in [-0.39, 0.29) is 31.7 Å². The number of hydrogen-bond acceptors (Lipinski definition) is 3. The van der Waals surface area contributed by atoms with Gasteiger partial charge in [0.1, 0.15) is 0 Å². The van der Waals surface area contributed by atoms with Crippen LogP contribution in [-0.2, 0) is 0 Å². The number of hydrogen-bond donors (Lipinski definition) is 1. The van der Waals surface area contributed by atoms with Crippen molar-refractivity contribution in [2.45, 2.75) is 50.9 Å². The average Bonchev–Trinajstić information content (AvgIpc) is 2.94. The molecular weight excluding hydrogens is 295 g/mol. The Balaban J connectivity index is 1.55. The van der Waals surface area contributed by atoms with E-state index >= 15 is 0 Å². The molecule has 1 saturated carbocycles. The molecule has 0 amide bonds. The number of ether oxygens (including phenoxy) is 2. The summed E-state index contributed by atoms with van der Waals surface area (Å²) < 4.78 is 48.7. The Morgan fingerprint density at radius 3 is 2.45 bits per heavy atom. The van der Waals surface area contributed by atoms with Crippen molar-refractivity contribution in [1.82, 2.24) is 5.32 Å². The Bertz CT molecular complexity index is 525. The average molecular weight is 315 g/mol. The van der Waals surface area contributed by atoms with Crippen molar-refractivity contribution < 1.29 is 22.6 Å². The Labute approximate surface area is 127 Å². The third-order valence-corrected chi connectivity index (χ3v) is 4.57. The number of nitrogens with one attached hydrogen (secondary N) is 1. The van der Waals surface area contributed by atoms with Crippen molar-refractivity contribution in [1.29, 1.82) is 0 Å². The zero-order chi connectivity index (χ0) is 15.7. The van der Waals surface area contributed by atoms with Crippen LogP contribution in [0.1, 0.15) is 44.2 Å². The third-order valence-electron chi connectivity index (χ3n) is 4.57. The van der Waals surface area contributed by atoms with Gasteiger partial charge in [-0.25, -0.2) is 0 Å². The highest BCUT2D eigenvalue weighted by Gasteiger charge is 2.41. The van der Waals surface area contributed by atoms with Crippen LogP contribution in [0.5, 0.6) is 11.5 Å². The predicted molar refractivity (Wildman–Crippen MR) is 75.9 cm³/mol. The minimum Gasteiger partial charge on any atom is -0.454 e. The van der Waals surface area contributed by atoms with Gasteiger partial charge in [-0.3, -0.25) is 0 Å². The van der Waals surface area contributed by atoms with Crippen molar-refractivity contribution in [3.05, 3.63) is 23.8 Å². The molecule has 1 aromatic carbocycles. The molecule has 1 heterocycles. The van der Waals surface area contributed by atoms with Gasteiger partial charge in [0, 0.05) is 12.1 Å². The van der Waals surface area contributed by atoms with Crippen LogP contribution in [0.3, 0.4) is 0 Å². The lowest BCUT2D eigenvalue weighted by Crippen LogP contribution is -2.38. The molecular formula is C16H20F3NO2. The summed E-state index contributed by atoms with van der Waals surface area (Å²) in [6, 6.07) is 5.98. The second-order valence-corrected chi connectivity index (χ2v) is 6.09. The van der Waals surface area contributed by atoms with Gasteiger partial charge in [-0.15, -0.1) is 0 Å². The van der Waals surface area contributed by atoms with E-state index in [9.17, 15) is 13.2 Å². The smallest absolute Gasteiger partial charge is 0.391 e. The molecule has 0 saturated heterocycles. The lowest BCUT2D eigenvalue weighted by atomic mass is 9.85. The van der Waals surface area contributed by atoms with E-state index in [1.54, 1.807) is 0 Å². The second-order valence-electron chi connectivity index (χ2n) is 6.09. The molecule has 1 unspecified atom stereocenters. The fourth-order valence-electron chi connectivity index (χ4n) is 3.22. The lowest BCUT2D eigenvalue weighted by Gasteiger charge is -2.32. The molecule has 1 fully saturated rings. The van der Waals surface area contributed by atoms with E-state index in [1.165, 1.54) is 0 Å². The van der Waals surface area contributed by atoms with Gasteiger partial charge in [0.15, 0.2) is 11.5 Å². The largest absolute Gasteiger partial charge is 0.454 e. The minimum atomic E-state index is -4.05. The van der Waals surface area contributed by atoms with Crippen LogP contribution < -0.4 is 14.8 Å². The maximum Gasteiger partial charge on any atom is 0.391 e. The predicted octanol–water partition coefficient (Wildman–Crippen LogP) is 4.19. The van der Waals surface area contributed by atoms with Crippen LogP contribution in [0.4, 0.5) is 13.2 Å². The quantitative estimate of drug-likeness (QED) is 0.907. The van der Waals surface area contributed by atoms with Crippen LogP contribution in [-0.4, -0.2) is 19.0 Å². The van der Waals surface area contributed by atoms with Crippen molar-refractivity contribution in [3.8, 4) is 11.5 Å². The van der Waals surface area contributed by atoms with E-state index in [2.05, 4.69) is 5.32 Å². The number of alkyl halides is 3. The molecule has 1 aromatic rings. The molecule has 0 bridgehead atoms. The zero-order valence-corrected chi connectivity index (χ0v) is 12.5. The fourth-order valence-corrected chi connectivity index (χ4v) is 3.22. The van der Waals surface area contributed by atoms with Gasteiger partial charge in [-0.2, -0.15) is 13.2 Å². The van der Waals surface area contributed by atoms with Crippen molar-refractivity contribution in [2.75, 3.05) is 6.79 Å². The summed E-state index contributed by atoms with van der Waals surface area (Å²) in [4.78, 5) is 0. The normalized spacial score (nSPS) is 26.0. The zero-order valence-electron chi connectivity index (χ0n) is 12.5. The molecule has 1 aliphatic heterocycles. The van der Waals surface area contributed by atoms with Crippen LogP contribution in [0.25, 0.3) is 0 Å². The molecule has 0 radical (unpaired) electrons. The van der Waals surface area contributed by atoms with Gasteiger partial charge < -0.3 is 14.8 Å². The second kappa shape index (κ2) is 5.99. The summed E-state index contributed by atoms with van der Waals surface area (Å²) in [6.07, 6.45) is -2.48. The summed E-state index contributed by atoms with van der Waals surface area (Å²) in [6.45, 7) is 2.26. The number of benzene rings is 1. The summed E-state index contributed by atoms with van der Waals surface area (Å²) in [5, 5.41) is 3.43. The number of halogens is 3. The fraction of sp³-hybridized carbons (Fsp3) is 0.625. The third kappa shape index (κ3) is 3.32. The molecule has 1 N–H and O–H groups in total. The van der Waals surface area contributed by atoms with Crippen LogP contribution in [0, 0.1) is 5.92 Å². The monoisotopic (exact) mass is 315 g/mol. The van der Waals surface area contributed by atoms with E-state index in [0.29, 0.717) is 12.8 Å². The highest BCUT2D eigenvalue weighted by molar-refractivity contribution is 5.45. The minimum absolute atomic E-state index is 0.0712. The SMILES string of the molecule is CC(NC1CCC(C(F)(F)F)CC1)c1ccc2c(c1)OCO2. The van der Waals surface area contributed by atoms with Gasteiger partial charge in [-0.05, 0) is 50.3 Å². The van der Waals surface area contributed by atoms with Gasteiger partial charge in [-0.1, -0.05) is 6.07 Å². The van der Waals surface area contributed by atoms with Crippen LogP contribution in [0.15, 0.2) is 18.2 Å². The first kappa shape index (κ1) is 15.5. The highest BCUT2D eigenvalue weighted by Crippen LogP contribution is 2.38. The molecule has 0 aromatic heterocycles.